The van der Waals surface area contributed by atoms with Crippen LogP contribution >= 0.6 is 11.8 Å². The quantitative estimate of drug-likeness (QED) is 0.286. The summed E-state index contributed by atoms with van der Waals surface area (Å²) < 4.78 is 3.63. The van der Waals surface area contributed by atoms with Gasteiger partial charge in [0.05, 0.1) is 16.7 Å². The summed E-state index contributed by atoms with van der Waals surface area (Å²) in [6.45, 7) is 6.71. The minimum Gasteiger partial charge on any atom is -0.260 e. The Morgan fingerprint density at radius 3 is 2.69 bits per heavy atom. The van der Waals surface area contributed by atoms with Gasteiger partial charge in [0.15, 0.2) is 5.16 Å². The Morgan fingerprint density at radius 2 is 2.00 bits per heavy atom. The molecule has 0 atom stereocenters. The highest BCUT2D eigenvalue weighted by molar-refractivity contribution is 7.98. The van der Waals surface area contributed by atoms with E-state index >= 15 is 0 Å². The molecule has 0 spiro atoms. The van der Waals surface area contributed by atoms with Crippen molar-refractivity contribution < 1.29 is 0 Å². The number of rotatable bonds is 4. The molecule has 0 radical (unpaired) electrons. The second kappa shape index (κ2) is 7.81. The molecular weight excluding hydrogens is 398 g/mol. The van der Waals surface area contributed by atoms with Crippen LogP contribution in [-0.4, -0.2) is 42.8 Å². The van der Waals surface area contributed by atoms with Gasteiger partial charge in [-0.3, -0.25) is 9.55 Å². The number of nitrogens with zero attached hydrogens (tertiary/aromatic N) is 7. The van der Waals surface area contributed by atoms with E-state index in [1.54, 1.807) is 22.6 Å². The summed E-state index contributed by atoms with van der Waals surface area (Å²) in [5.41, 5.74) is 7.21. The molecule has 3 aromatic heterocycles. The molecule has 3 heterocycles. The van der Waals surface area contributed by atoms with Gasteiger partial charge in [-0.1, -0.05) is 48.5 Å². The highest BCUT2D eigenvalue weighted by Gasteiger charge is 2.18. The first-order valence-electron chi connectivity index (χ1n) is 9.22. The first-order chi connectivity index (χ1) is 13.9. The van der Waals surface area contributed by atoms with Crippen LogP contribution in [0.4, 0.5) is 0 Å². The summed E-state index contributed by atoms with van der Waals surface area (Å²) in [6.07, 6.45) is 1.80. The van der Waals surface area contributed by atoms with Crippen LogP contribution in [0.25, 0.3) is 17.0 Å². The lowest BCUT2D eigenvalue weighted by Crippen LogP contribution is -2.16. The van der Waals surface area contributed by atoms with E-state index in [2.05, 4.69) is 57.7 Å². The summed E-state index contributed by atoms with van der Waals surface area (Å²) in [6, 6.07) is 12.0. The van der Waals surface area contributed by atoms with Gasteiger partial charge in [-0.05, 0) is 40.8 Å². The maximum atomic E-state index is 4.82. The van der Waals surface area contributed by atoms with E-state index in [9.17, 15) is 0 Å². The lowest BCUT2D eigenvalue weighted by atomic mass is 10.2. The van der Waals surface area contributed by atoms with Crippen molar-refractivity contribution in [3.8, 4) is 17.4 Å². The van der Waals surface area contributed by atoms with Crippen molar-refractivity contribution in [2.45, 2.75) is 30.6 Å². The van der Waals surface area contributed by atoms with Gasteiger partial charge in [-0.2, -0.15) is 0 Å². The standard InChI is InChI=1S/C20H21N7SSi/c1-26-19(23-24-25-26)27-18-13-15(10-12-29(2,3)4)8-9-17(18)22-20(27)28-14-16-7-5-6-11-21-16/h5-9,11,13H,14H2,1-4H3. The van der Waals surface area contributed by atoms with E-state index in [1.807, 2.05) is 41.9 Å². The maximum Gasteiger partial charge on any atom is 0.256 e. The molecule has 0 N–H and O–H groups in total. The molecule has 7 nitrogen and oxygen atoms in total. The van der Waals surface area contributed by atoms with Gasteiger partial charge in [0, 0.05) is 24.6 Å². The van der Waals surface area contributed by atoms with Crippen molar-refractivity contribution in [2.24, 2.45) is 7.05 Å². The summed E-state index contributed by atoms with van der Waals surface area (Å²) in [7, 11) is 0.363. The second-order valence-electron chi connectivity index (χ2n) is 7.65. The third kappa shape index (κ3) is 4.39. The van der Waals surface area contributed by atoms with Gasteiger partial charge in [0.2, 0.25) is 0 Å². The zero-order chi connectivity index (χ0) is 20.4. The summed E-state index contributed by atoms with van der Waals surface area (Å²) in [5.74, 6) is 4.65. The number of aromatic nitrogens is 7. The molecule has 0 bridgehead atoms. The molecule has 29 heavy (non-hydrogen) atoms. The van der Waals surface area contributed by atoms with Crippen molar-refractivity contribution in [2.75, 3.05) is 0 Å². The Kier molecular flexibility index (Phi) is 5.21. The topological polar surface area (TPSA) is 74.3 Å². The van der Waals surface area contributed by atoms with Crippen molar-refractivity contribution in [3.05, 3.63) is 53.9 Å². The van der Waals surface area contributed by atoms with Crippen LogP contribution in [0.5, 0.6) is 0 Å². The second-order valence-corrected chi connectivity index (χ2v) is 13.3. The Labute approximate surface area is 174 Å². The Balaban J connectivity index is 1.80. The number of pyridine rings is 1. The fourth-order valence-electron chi connectivity index (χ4n) is 2.72. The Hall–Kier alpha value is -2.96. The molecule has 146 valence electrons. The average molecular weight is 420 g/mol. The number of benzene rings is 1. The molecular formula is C20H21N7SSi. The smallest absolute Gasteiger partial charge is 0.256 e. The van der Waals surface area contributed by atoms with Crippen molar-refractivity contribution in [3.63, 3.8) is 0 Å². The van der Waals surface area contributed by atoms with Crippen LogP contribution in [0.3, 0.4) is 0 Å². The number of aryl methyl sites for hydroxylation is 1. The number of tetrazole rings is 1. The molecule has 0 unspecified atom stereocenters. The Morgan fingerprint density at radius 1 is 1.14 bits per heavy atom. The van der Waals surface area contributed by atoms with Crippen molar-refractivity contribution >= 4 is 30.9 Å². The van der Waals surface area contributed by atoms with E-state index in [-0.39, 0.29) is 0 Å². The highest BCUT2D eigenvalue weighted by atomic mass is 32.2. The van der Waals surface area contributed by atoms with E-state index in [1.165, 1.54) is 0 Å². The summed E-state index contributed by atoms with van der Waals surface area (Å²) >= 11 is 1.61. The van der Waals surface area contributed by atoms with E-state index in [4.69, 9.17) is 4.98 Å². The zero-order valence-electron chi connectivity index (χ0n) is 16.8. The largest absolute Gasteiger partial charge is 0.260 e. The molecule has 0 amide bonds. The number of thioether (sulfide) groups is 1. The van der Waals surface area contributed by atoms with Gasteiger partial charge in [-0.25, -0.2) is 9.67 Å². The summed E-state index contributed by atoms with van der Waals surface area (Å²) in [5, 5.41) is 12.8. The predicted octanol–water partition coefficient (Wildman–Crippen LogP) is 3.47. The molecule has 0 aliphatic rings. The molecule has 4 rings (SSSR count). The van der Waals surface area contributed by atoms with Crippen LogP contribution < -0.4 is 0 Å². The summed E-state index contributed by atoms with van der Waals surface area (Å²) in [4.78, 5) is 9.23. The highest BCUT2D eigenvalue weighted by Crippen LogP contribution is 2.29. The van der Waals surface area contributed by atoms with Crippen molar-refractivity contribution in [1.82, 2.24) is 34.7 Å². The van der Waals surface area contributed by atoms with Crippen LogP contribution in [0.1, 0.15) is 11.3 Å². The van der Waals surface area contributed by atoms with Crippen LogP contribution in [0.2, 0.25) is 19.6 Å². The van der Waals surface area contributed by atoms with Gasteiger partial charge >= 0.3 is 0 Å². The predicted molar refractivity (Wildman–Crippen MR) is 117 cm³/mol. The zero-order valence-corrected chi connectivity index (χ0v) is 18.6. The molecule has 4 aromatic rings. The van der Waals surface area contributed by atoms with Gasteiger partial charge in [-0.15, -0.1) is 5.54 Å². The number of hydrogen-bond donors (Lipinski definition) is 0. The van der Waals surface area contributed by atoms with Crippen molar-refractivity contribution in [1.29, 1.82) is 0 Å². The van der Waals surface area contributed by atoms with Crippen LogP contribution in [0.15, 0.2) is 47.8 Å². The molecule has 1 aromatic carbocycles. The average Bonchev–Trinajstić information content (AvgIpc) is 3.27. The first-order valence-corrected chi connectivity index (χ1v) is 13.7. The first kappa shape index (κ1) is 19.4. The van der Waals surface area contributed by atoms with E-state index in [0.717, 1.165) is 27.4 Å². The van der Waals surface area contributed by atoms with Crippen LogP contribution in [0, 0.1) is 11.5 Å². The number of imidazole rings is 1. The molecule has 0 saturated carbocycles. The number of hydrogen-bond acceptors (Lipinski definition) is 6. The van der Waals surface area contributed by atoms with Crippen LogP contribution in [-0.2, 0) is 12.8 Å². The van der Waals surface area contributed by atoms with Gasteiger partial charge in [0.25, 0.3) is 5.95 Å². The van der Waals surface area contributed by atoms with Gasteiger partial charge in [0.1, 0.15) is 8.07 Å². The fraction of sp³-hybridized carbons (Fsp3) is 0.250. The lowest BCUT2D eigenvalue weighted by Gasteiger charge is -2.07. The molecule has 0 fully saturated rings. The Bertz CT molecular complexity index is 1210. The van der Waals surface area contributed by atoms with E-state index in [0.29, 0.717) is 11.7 Å². The molecule has 0 aliphatic heterocycles. The SMILES string of the molecule is Cn1nnnc1-n1c(SCc2ccccn2)nc2ccc(C#C[Si](C)(C)C)cc21. The number of fused-ring (bicyclic) bond motifs is 1. The lowest BCUT2D eigenvalue weighted by molar-refractivity contribution is 0.682. The molecule has 0 saturated heterocycles. The molecule has 0 aliphatic carbocycles. The third-order valence-corrected chi connectivity index (χ3v) is 5.93. The maximum absolute atomic E-state index is 4.82. The monoisotopic (exact) mass is 419 g/mol. The van der Waals surface area contributed by atoms with Gasteiger partial charge < -0.3 is 0 Å². The normalized spacial score (nSPS) is 11.4. The van der Waals surface area contributed by atoms with E-state index < -0.39 is 8.07 Å². The minimum atomic E-state index is -1.46. The third-order valence-electron chi connectivity index (χ3n) is 4.08. The molecule has 9 heteroatoms. The minimum absolute atomic E-state index is 0.617. The fourth-order valence-corrected chi connectivity index (χ4v) is 4.16.